The van der Waals surface area contributed by atoms with E-state index < -0.39 is 0 Å². The highest BCUT2D eigenvalue weighted by Gasteiger charge is 2.16. The van der Waals surface area contributed by atoms with E-state index in [2.05, 4.69) is 31.3 Å². The average Bonchev–Trinajstić information content (AvgIpc) is 3.29. The third kappa shape index (κ3) is 3.74. The first kappa shape index (κ1) is 18.5. The molecule has 4 rings (SSSR count). The largest absolute Gasteiger partial charge is 0.306 e. The summed E-state index contributed by atoms with van der Waals surface area (Å²) in [6, 6.07) is 15.1. The number of carbonyl (C=O) groups is 1. The number of anilines is 1. The minimum atomic E-state index is -0.293. The molecular weight excluding hydrogens is 443 g/mol. The van der Waals surface area contributed by atoms with Gasteiger partial charge < -0.3 is 5.32 Å². The fourth-order valence-corrected chi connectivity index (χ4v) is 3.94. The summed E-state index contributed by atoms with van der Waals surface area (Å²) in [6.45, 7) is 1.85. The van der Waals surface area contributed by atoms with Crippen molar-refractivity contribution in [1.29, 1.82) is 0 Å². The minimum Gasteiger partial charge on any atom is -0.306 e. The van der Waals surface area contributed by atoms with E-state index in [1.165, 1.54) is 23.5 Å². The van der Waals surface area contributed by atoms with E-state index in [0.29, 0.717) is 21.0 Å². The molecular formula is C20H14BrFN4OS. The van der Waals surface area contributed by atoms with Crippen molar-refractivity contribution >= 4 is 39.0 Å². The van der Waals surface area contributed by atoms with Crippen molar-refractivity contribution in [2.24, 2.45) is 0 Å². The predicted octanol–water partition coefficient (Wildman–Crippen LogP) is 5.46. The normalized spacial score (nSPS) is 10.8. The van der Waals surface area contributed by atoms with Crippen molar-refractivity contribution in [2.75, 3.05) is 5.32 Å². The summed E-state index contributed by atoms with van der Waals surface area (Å²) >= 11 is 4.78. The zero-order valence-corrected chi connectivity index (χ0v) is 17.1. The first-order chi connectivity index (χ1) is 13.5. The molecule has 1 N–H and O–H groups in total. The molecule has 0 fully saturated rings. The van der Waals surface area contributed by atoms with Gasteiger partial charge in [0.2, 0.25) is 5.13 Å². The molecule has 5 nitrogen and oxygen atoms in total. The third-order valence-corrected chi connectivity index (χ3v) is 5.51. The van der Waals surface area contributed by atoms with Crippen LogP contribution in [0.15, 0.2) is 64.5 Å². The van der Waals surface area contributed by atoms with Crippen LogP contribution in [0.2, 0.25) is 0 Å². The van der Waals surface area contributed by atoms with Gasteiger partial charge in [0.05, 0.1) is 17.0 Å². The molecule has 0 aliphatic heterocycles. The number of carbonyl (C=O) groups excluding carboxylic acids is 1. The Hall–Kier alpha value is -2.84. The van der Waals surface area contributed by atoms with Gasteiger partial charge in [-0.15, -0.1) is 11.3 Å². The standard InChI is InChI=1S/C20H14BrFN4OS/c1-12-10-18(24-19(27)15-4-2-3-5-16(15)21)26(25-12)20-23-17(11-28-20)13-6-8-14(22)9-7-13/h2-11H,1H3,(H,24,27). The summed E-state index contributed by atoms with van der Waals surface area (Å²) in [5.41, 5.74) is 2.81. The molecule has 28 heavy (non-hydrogen) atoms. The van der Waals surface area contributed by atoms with Crippen LogP contribution in [0.1, 0.15) is 16.1 Å². The molecule has 2 heterocycles. The van der Waals surface area contributed by atoms with Crippen molar-refractivity contribution in [3.8, 4) is 16.4 Å². The highest BCUT2D eigenvalue weighted by atomic mass is 79.9. The van der Waals surface area contributed by atoms with Crippen molar-refractivity contribution in [2.45, 2.75) is 6.92 Å². The van der Waals surface area contributed by atoms with E-state index in [4.69, 9.17) is 0 Å². The summed E-state index contributed by atoms with van der Waals surface area (Å²) in [6.07, 6.45) is 0. The zero-order chi connectivity index (χ0) is 19.7. The first-order valence-electron chi connectivity index (χ1n) is 8.35. The maximum absolute atomic E-state index is 13.1. The predicted molar refractivity (Wildman–Crippen MR) is 111 cm³/mol. The molecule has 140 valence electrons. The second kappa shape index (κ2) is 7.65. The van der Waals surface area contributed by atoms with Crippen LogP contribution in [0.3, 0.4) is 0 Å². The number of rotatable bonds is 4. The third-order valence-electron chi connectivity index (χ3n) is 4.00. The van der Waals surface area contributed by atoms with Gasteiger partial charge in [0.15, 0.2) is 0 Å². The molecule has 8 heteroatoms. The zero-order valence-electron chi connectivity index (χ0n) is 14.7. The Balaban J connectivity index is 1.64. The minimum absolute atomic E-state index is 0.246. The van der Waals surface area contributed by atoms with Gasteiger partial charge in [-0.1, -0.05) is 12.1 Å². The van der Waals surface area contributed by atoms with E-state index in [9.17, 15) is 9.18 Å². The summed E-state index contributed by atoms with van der Waals surface area (Å²) in [5.74, 6) is -0.0128. The maximum atomic E-state index is 13.1. The number of benzene rings is 2. The lowest BCUT2D eigenvalue weighted by molar-refractivity contribution is 0.102. The monoisotopic (exact) mass is 456 g/mol. The van der Waals surface area contributed by atoms with Crippen LogP contribution >= 0.6 is 27.3 Å². The number of thiazole rings is 1. The molecule has 0 aliphatic rings. The van der Waals surface area contributed by atoms with E-state index in [1.54, 1.807) is 35.0 Å². The molecule has 4 aromatic rings. The molecule has 0 aliphatic carbocycles. The van der Waals surface area contributed by atoms with Crippen LogP contribution in [0.5, 0.6) is 0 Å². The Morgan fingerprint density at radius 1 is 1.18 bits per heavy atom. The lowest BCUT2D eigenvalue weighted by Gasteiger charge is -2.07. The van der Waals surface area contributed by atoms with Crippen LogP contribution in [0.4, 0.5) is 10.2 Å². The second-order valence-electron chi connectivity index (χ2n) is 6.04. The molecule has 0 spiro atoms. The lowest BCUT2D eigenvalue weighted by atomic mass is 10.2. The average molecular weight is 457 g/mol. The van der Waals surface area contributed by atoms with Gasteiger partial charge in [-0.25, -0.2) is 9.37 Å². The highest BCUT2D eigenvalue weighted by Crippen LogP contribution is 2.27. The van der Waals surface area contributed by atoms with E-state index in [-0.39, 0.29) is 11.7 Å². The number of halogens is 2. The molecule has 0 unspecified atom stereocenters. The van der Waals surface area contributed by atoms with Crippen LogP contribution in [0.25, 0.3) is 16.4 Å². The van der Waals surface area contributed by atoms with Crippen molar-refractivity contribution in [3.63, 3.8) is 0 Å². The Bertz CT molecular complexity index is 1150. The van der Waals surface area contributed by atoms with Gasteiger partial charge in [-0.3, -0.25) is 4.79 Å². The summed E-state index contributed by atoms with van der Waals surface area (Å²) < 4.78 is 15.5. The molecule has 0 radical (unpaired) electrons. The number of amides is 1. The van der Waals surface area contributed by atoms with Crippen LogP contribution in [-0.2, 0) is 0 Å². The van der Waals surface area contributed by atoms with E-state index in [0.717, 1.165) is 17.0 Å². The van der Waals surface area contributed by atoms with Crippen LogP contribution < -0.4 is 5.32 Å². The molecule has 0 saturated carbocycles. The van der Waals surface area contributed by atoms with Crippen molar-refractivity contribution in [3.05, 3.63) is 81.5 Å². The molecule has 1 amide bonds. The maximum Gasteiger partial charge on any atom is 0.257 e. The van der Waals surface area contributed by atoms with E-state index in [1.807, 2.05) is 24.4 Å². The number of nitrogens with zero attached hydrogens (tertiary/aromatic N) is 3. The van der Waals surface area contributed by atoms with Gasteiger partial charge in [0.25, 0.3) is 5.91 Å². The fourth-order valence-electron chi connectivity index (χ4n) is 2.68. The SMILES string of the molecule is Cc1cc(NC(=O)c2ccccc2Br)n(-c2nc(-c3ccc(F)cc3)cs2)n1. The first-order valence-corrected chi connectivity index (χ1v) is 10.0. The number of nitrogens with one attached hydrogen (secondary N) is 1. The topological polar surface area (TPSA) is 59.8 Å². The lowest BCUT2D eigenvalue weighted by Crippen LogP contribution is -2.15. The van der Waals surface area contributed by atoms with Gasteiger partial charge >= 0.3 is 0 Å². The second-order valence-corrected chi connectivity index (χ2v) is 7.73. The molecule has 2 aromatic carbocycles. The van der Waals surface area contributed by atoms with Gasteiger partial charge in [-0.05, 0) is 59.3 Å². The number of aromatic nitrogens is 3. The Morgan fingerprint density at radius 3 is 2.68 bits per heavy atom. The van der Waals surface area contributed by atoms with Crippen molar-refractivity contribution < 1.29 is 9.18 Å². The Morgan fingerprint density at radius 2 is 1.93 bits per heavy atom. The number of aryl methyl sites for hydroxylation is 1. The smallest absolute Gasteiger partial charge is 0.257 e. The number of hydrogen-bond donors (Lipinski definition) is 1. The summed E-state index contributed by atoms with van der Waals surface area (Å²) in [7, 11) is 0. The molecule has 0 saturated heterocycles. The molecule has 2 aromatic heterocycles. The van der Waals surface area contributed by atoms with Gasteiger partial charge in [-0.2, -0.15) is 9.78 Å². The highest BCUT2D eigenvalue weighted by molar-refractivity contribution is 9.10. The van der Waals surface area contributed by atoms with E-state index >= 15 is 0 Å². The molecule has 0 atom stereocenters. The quantitative estimate of drug-likeness (QED) is 0.443. The number of hydrogen-bond acceptors (Lipinski definition) is 4. The van der Waals surface area contributed by atoms with Crippen LogP contribution in [-0.4, -0.2) is 20.7 Å². The summed E-state index contributed by atoms with van der Waals surface area (Å²) in [5, 5.41) is 9.82. The summed E-state index contributed by atoms with van der Waals surface area (Å²) in [4.78, 5) is 17.2. The van der Waals surface area contributed by atoms with Crippen molar-refractivity contribution in [1.82, 2.24) is 14.8 Å². The fraction of sp³-hybridized carbons (Fsp3) is 0.0500. The Kier molecular flexibility index (Phi) is 5.06. The van der Waals surface area contributed by atoms with Crippen LogP contribution in [0, 0.1) is 12.7 Å². The van der Waals surface area contributed by atoms with Gasteiger partial charge in [0, 0.05) is 21.5 Å². The molecule has 0 bridgehead atoms. The Labute approximate surface area is 173 Å². The van der Waals surface area contributed by atoms with Gasteiger partial charge in [0.1, 0.15) is 11.6 Å².